The van der Waals surface area contributed by atoms with Gasteiger partial charge in [-0.2, -0.15) is 5.26 Å². The first-order chi connectivity index (χ1) is 10.5. The number of anilines is 1. The topological polar surface area (TPSA) is 96.0 Å². The number of nitriles is 1. The van der Waals surface area contributed by atoms with Crippen molar-refractivity contribution >= 4 is 26.8 Å². The molecule has 0 aliphatic heterocycles. The summed E-state index contributed by atoms with van der Waals surface area (Å²) in [4.78, 5) is 4.22. The van der Waals surface area contributed by atoms with Gasteiger partial charge in [0.15, 0.2) is 11.5 Å². The molecule has 0 saturated carbocycles. The highest BCUT2D eigenvalue weighted by molar-refractivity contribution is 7.92. The zero-order valence-corrected chi connectivity index (χ0v) is 12.4. The molecule has 0 unspecified atom stereocenters. The Hall–Kier alpha value is -2.85. The van der Waals surface area contributed by atoms with E-state index in [4.69, 9.17) is 9.68 Å². The van der Waals surface area contributed by atoms with E-state index in [0.29, 0.717) is 28.2 Å². The van der Waals surface area contributed by atoms with E-state index < -0.39 is 10.0 Å². The second-order valence-corrected chi connectivity index (χ2v) is 6.34. The summed E-state index contributed by atoms with van der Waals surface area (Å²) in [6.07, 6.45) is 0. The summed E-state index contributed by atoms with van der Waals surface area (Å²) < 4.78 is 32.5. The second-order valence-electron chi connectivity index (χ2n) is 4.66. The molecule has 0 aliphatic carbocycles. The normalized spacial score (nSPS) is 11.3. The third-order valence-electron chi connectivity index (χ3n) is 3.04. The van der Waals surface area contributed by atoms with Gasteiger partial charge >= 0.3 is 0 Å². The number of hydrogen-bond donors (Lipinski definition) is 1. The Labute approximate surface area is 127 Å². The number of hydrogen-bond acceptors (Lipinski definition) is 5. The number of fused-ring (bicyclic) bond motifs is 1. The highest BCUT2D eigenvalue weighted by Gasteiger charge is 2.16. The number of nitrogens with one attached hydrogen (secondary N) is 1. The fourth-order valence-corrected chi connectivity index (χ4v) is 3.09. The predicted octanol–water partition coefficient (Wildman–Crippen LogP) is 2.81. The first-order valence-corrected chi connectivity index (χ1v) is 7.86. The van der Waals surface area contributed by atoms with Gasteiger partial charge in [0.1, 0.15) is 5.52 Å². The fourth-order valence-electron chi connectivity index (χ4n) is 2.02. The van der Waals surface area contributed by atoms with Gasteiger partial charge in [0.05, 0.1) is 16.5 Å². The van der Waals surface area contributed by atoms with Crippen LogP contribution >= 0.6 is 0 Å². The van der Waals surface area contributed by atoms with E-state index in [-0.39, 0.29) is 4.90 Å². The van der Waals surface area contributed by atoms with E-state index in [0.717, 1.165) is 0 Å². The van der Waals surface area contributed by atoms with Gasteiger partial charge in [0.2, 0.25) is 0 Å². The fraction of sp³-hybridized carbons (Fsp3) is 0.0667. The van der Waals surface area contributed by atoms with E-state index >= 15 is 0 Å². The lowest BCUT2D eigenvalue weighted by molar-refractivity contribution is 0.561. The van der Waals surface area contributed by atoms with Crippen LogP contribution in [0.3, 0.4) is 0 Å². The Kier molecular flexibility index (Phi) is 3.31. The molecule has 3 aromatic rings. The van der Waals surface area contributed by atoms with Gasteiger partial charge in [-0.1, -0.05) is 0 Å². The third-order valence-corrected chi connectivity index (χ3v) is 4.42. The van der Waals surface area contributed by atoms with E-state index in [1.807, 2.05) is 6.07 Å². The lowest BCUT2D eigenvalue weighted by atomic mass is 10.2. The van der Waals surface area contributed by atoms with Crippen LogP contribution in [-0.4, -0.2) is 13.4 Å². The van der Waals surface area contributed by atoms with Gasteiger partial charge < -0.3 is 4.42 Å². The first kappa shape index (κ1) is 14.1. The quantitative estimate of drug-likeness (QED) is 0.802. The van der Waals surface area contributed by atoms with Crippen molar-refractivity contribution in [1.29, 1.82) is 5.26 Å². The number of oxazole rings is 1. The Morgan fingerprint density at radius 1 is 1.18 bits per heavy atom. The highest BCUT2D eigenvalue weighted by atomic mass is 32.2. The molecule has 0 radical (unpaired) electrons. The molecule has 22 heavy (non-hydrogen) atoms. The van der Waals surface area contributed by atoms with Crippen LogP contribution in [0.5, 0.6) is 0 Å². The molecule has 110 valence electrons. The number of rotatable bonds is 3. The van der Waals surface area contributed by atoms with Gasteiger partial charge in [0.25, 0.3) is 10.0 Å². The second kappa shape index (κ2) is 5.16. The van der Waals surface area contributed by atoms with Crippen LogP contribution in [0.1, 0.15) is 11.5 Å². The summed E-state index contributed by atoms with van der Waals surface area (Å²) in [6, 6.07) is 12.6. The number of aryl methyl sites for hydroxylation is 1. The maximum absolute atomic E-state index is 12.4. The molecule has 0 spiro atoms. The van der Waals surface area contributed by atoms with E-state index in [1.165, 1.54) is 24.3 Å². The van der Waals surface area contributed by atoms with Crippen LogP contribution < -0.4 is 4.72 Å². The molecule has 0 fully saturated rings. The van der Waals surface area contributed by atoms with Crippen molar-refractivity contribution < 1.29 is 12.8 Å². The molecular formula is C15H11N3O3S. The van der Waals surface area contributed by atoms with Crippen LogP contribution in [0, 0.1) is 18.3 Å². The summed E-state index contributed by atoms with van der Waals surface area (Å²) in [7, 11) is -3.73. The number of benzene rings is 2. The molecule has 1 heterocycles. The minimum absolute atomic E-state index is 0.0951. The van der Waals surface area contributed by atoms with Crippen molar-refractivity contribution in [2.24, 2.45) is 0 Å². The summed E-state index contributed by atoms with van der Waals surface area (Å²) in [6.45, 7) is 1.70. The van der Waals surface area contributed by atoms with Crippen LogP contribution in [0.2, 0.25) is 0 Å². The molecule has 0 saturated heterocycles. The average Bonchev–Trinajstić information content (AvgIpc) is 2.86. The van der Waals surface area contributed by atoms with E-state index in [9.17, 15) is 8.42 Å². The summed E-state index contributed by atoms with van der Waals surface area (Å²) in [5.74, 6) is 0.476. The molecular weight excluding hydrogens is 302 g/mol. The molecule has 0 aliphatic rings. The zero-order valence-electron chi connectivity index (χ0n) is 11.6. The Bertz CT molecular complexity index is 983. The zero-order chi connectivity index (χ0) is 15.7. The summed E-state index contributed by atoms with van der Waals surface area (Å²) in [5.41, 5.74) is 1.87. The van der Waals surface area contributed by atoms with E-state index in [1.54, 1.807) is 25.1 Å². The summed E-state index contributed by atoms with van der Waals surface area (Å²) in [5, 5.41) is 8.74. The molecule has 6 nitrogen and oxygen atoms in total. The Morgan fingerprint density at radius 2 is 1.91 bits per heavy atom. The standard InChI is InChI=1S/C15H11N3O3S/c1-10-17-14-8-13(6-7-15(14)21-10)22(19,20)18-12-4-2-11(9-16)3-5-12/h2-8,18H,1H3. The minimum Gasteiger partial charge on any atom is -0.441 e. The number of nitrogens with zero attached hydrogens (tertiary/aromatic N) is 2. The number of sulfonamides is 1. The molecule has 0 bridgehead atoms. The lowest BCUT2D eigenvalue weighted by Gasteiger charge is -2.07. The first-order valence-electron chi connectivity index (χ1n) is 6.38. The van der Waals surface area contributed by atoms with Crippen LogP contribution in [0.25, 0.3) is 11.1 Å². The maximum atomic E-state index is 12.4. The van der Waals surface area contributed by atoms with Gasteiger partial charge in [0, 0.05) is 12.6 Å². The maximum Gasteiger partial charge on any atom is 0.261 e. The molecule has 1 aromatic heterocycles. The predicted molar refractivity (Wildman–Crippen MR) is 80.7 cm³/mol. The largest absolute Gasteiger partial charge is 0.441 e. The molecule has 1 N–H and O–H groups in total. The van der Waals surface area contributed by atoms with Crippen molar-refractivity contribution in [2.45, 2.75) is 11.8 Å². The van der Waals surface area contributed by atoms with Gasteiger partial charge in [-0.15, -0.1) is 0 Å². The minimum atomic E-state index is -3.73. The molecule has 0 amide bonds. The number of aromatic nitrogens is 1. The SMILES string of the molecule is Cc1nc2cc(S(=O)(=O)Nc3ccc(C#N)cc3)ccc2o1. The molecule has 2 aromatic carbocycles. The third kappa shape index (κ3) is 2.64. The van der Waals surface area contributed by atoms with Gasteiger partial charge in [-0.05, 0) is 42.5 Å². The van der Waals surface area contributed by atoms with Crippen molar-refractivity contribution in [3.8, 4) is 6.07 Å². The van der Waals surface area contributed by atoms with Crippen molar-refractivity contribution in [3.05, 3.63) is 53.9 Å². The molecule has 7 heteroatoms. The monoisotopic (exact) mass is 313 g/mol. The smallest absolute Gasteiger partial charge is 0.261 e. The molecule has 0 atom stereocenters. The van der Waals surface area contributed by atoms with Gasteiger partial charge in [-0.3, -0.25) is 4.72 Å². The van der Waals surface area contributed by atoms with Crippen molar-refractivity contribution in [3.63, 3.8) is 0 Å². The van der Waals surface area contributed by atoms with Crippen molar-refractivity contribution in [2.75, 3.05) is 4.72 Å². The average molecular weight is 313 g/mol. The van der Waals surface area contributed by atoms with Crippen LogP contribution in [-0.2, 0) is 10.0 Å². The van der Waals surface area contributed by atoms with E-state index in [2.05, 4.69) is 9.71 Å². The highest BCUT2D eigenvalue weighted by Crippen LogP contribution is 2.22. The van der Waals surface area contributed by atoms with Gasteiger partial charge in [-0.25, -0.2) is 13.4 Å². The van der Waals surface area contributed by atoms with Crippen LogP contribution in [0.4, 0.5) is 5.69 Å². The van der Waals surface area contributed by atoms with Crippen LogP contribution in [0.15, 0.2) is 51.8 Å². The summed E-state index contributed by atoms with van der Waals surface area (Å²) >= 11 is 0. The lowest BCUT2D eigenvalue weighted by Crippen LogP contribution is -2.12. The Balaban J connectivity index is 1.94. The molecule has 3 rings (SSSR count). The van der Waals surface area contributed by atoms with Crippen molar-refractivity contribution in [1.82, 2.24) is 4.98 Å². The Morgan fingerprint density at radius 3 is 2.59 bits per heavy atom.